The molecule has 1 fully saturated rings. The third-order valence-electron chi connectivity index (χ3n) is 5.22. The summed E-state index contributed by atoms with van der Waals surface area (Å²) in [4.78, 5) is 14.5. The van der Waals surface area contributed by atoms with Crippen LogP contribution in [0, 0.1) is 0 Å². The highest BCUT2D eigenvalue weighted by Gasteiger charge is 2.28. The van der Waals surface area contributed by atoms with Crippen LogP contribution in [-0.2, 0) is 0 Å². The average molecular weight is 382 g/mol. The zero-order valence-corrected chi connectivity index (χ0v) is 16.1. The molecular formula is C22H26N2O4. The van der Waals surface area contributed by atoms with Gasteiger partial charge in [0.15, 0.2) is 11.5 Å². The van der Waals surface area contributed by atoms with E-state index < -0.39 is 0 Å². The molecule has 1 saturated heterocycles. The van der Waals surface area contributed by atoms with Crippen molar-refractivity contribution in [3.05, 3.63) is 48.0 Å². The van der Waals surface area contributed by atoms with Crippen molar-refractivity contribution in [2.45, 2.75) is 32.1 Å². The molecule has 0 aromatic heterocycles. The predicted octanol–water partition coefficient (Wildman–Crippen LogP) is 4.62. The third-order valence-corrected chi connectivity index (χ3v) is 5.22. The summed E-state index contributed by atoms with van der Waals surface area (Å²) < 4.78 is 16.5. The van der Waals surface area contributed by atoms with Crippen molar-refractivity contribution in [3.63, 3.8) is 0 Å². The van der Waals surface area contributed by atoms with Gasteiger partial charge in [-0.05, 0) is 54.8 Å². The van der Waals surface area contributed by atoms with Crippen LogP contribution in [0.2, 0.25) is 0 Å². The van der Waals surface area contributed by atoms with E-state index in [1.54, 1.807) is 0 Å². The van der Waals surface area contributed by atoms with E-state index in [2.05, 4.69) is 18.3 Å². The summed E-state index contributed by atoms with van der Waals surface area (Å²) in [7, 11) is 0. The maximum atomic E-state index is 12.6. The molecule has 0 saturated carbocycles. The highest BCUT2D eigenvalue weighted by atomic mass is 16.7. The largest absolute Gasteiger partial charge is 0.494 e. The zero-order valence-electron chi connectivity index (χ0n) is 16.1. The number of hydrogen-bond acceptors (Lipinski definition) is 4. The molecule has 0 radical (unpaired) electrons. The Hall–Kier alpha value is -2.89. The molecule has 2 heterocycles. The molecule has 0 unspecified atom stereocenters. The Labute approximate surface area is 165 Å². The molecule has 28 heavy (non-hydrogen) atoms. The normalized spacial score (nSPS) is 17.6. The van der Waals surface area contributed by atoms with Crippen LogP contribution in [0.5, 0.6) is 17.2 Å². The Kier molecular flexibility index (Phi) is 5.55. The van der Waals surface area contributed by atoms with Crippen LogP contribution in [-0.4, -0.2) is 37.4 Å². The molecule has 0 bridgehead atoms. The fraction of sp³-hybridized carbons (Fsp3) is 0.409. The van der Waals surface area contributed by atoms with Crippen molar-refractivity contribution >= 4 is 11.7 Å². The van der Waals surface area contributed by atoms with Crippen LogP contribution in [0.4, 0.5) is 10.5 Å². The number of benzene rings is 2. The van der Waals surface area contributed by atoms with E-state index >= 15 is 0 Å². The Morgan fingerprint density at radius 1 is 1.18 bits per heavy atom. The van der Waals surface area contributed by atoms with Crippen molar-refractivity contribution in [2.24, 2.45) is 0 Å². The Bertz CT molecular complexity index is 822. The lowest BCUT2D eigenvalue weighted by atomic mass is 9.98. The van der Waals surface area contributed by atoms with Gasteiger partial charge in [-0.3, -0.25) is 0 Å². The number of carbonyl (C=O) groups is 1. The Balaban J connectivity index is 1.31. The van der Waals surface area contributed by atoms with E-state index in [9.17, 15) is 4.79 Å². The topological polar surface area (TPSA) is 60.0 Å². The number of likely N-dealkylation sites (tertiary alicyclic amines) is 1. The van der Waals surface area contributed by atoms with Crippen LogP contribution in [0.25, 0.3) is 0 Å². The summed E-state index contributed by atoms with van der Waals surface area (Å²) in [5, 5.41) is 2.98. The molecule has 2 amide bonds. The van der Waals surface area contributed by atoms with Gasteiger partial charge in [0.25, 0.3) is 0 Å². The highest BCUT2D eigenvalue weighted by molar-refractivity contribution is 5.89. The minimum Gasteiger partial charge on any atom is -0.494 e. The van der Waals surface area contributed by atoms with Gasteiger partial charge >= 0.3 is 6.03 Å². The molecule has 2 aliphatic heterocycles. The molecule has 148 valence electrons. The number of ether oxygens (including phenoxy) is 3. The number of urea groups is 1. The second kappa shape index (κ2) is 8.42. The zero-order chi connectivity index (χ0) is 19.3. The summed E-state index contributed by atoms with van der Waals surface area (Å²) in [5.74, 6) is 2.73. The summed E-state index contributed by atoms with van der Waals surface area (Å²) in [6.07, 6.45) is 3.09. The number of amides is 2. The highest BCUT2D eigenvalue weighted by Crippen LogP contribution is 2.37. The van der Waals surface area contributed by atoms with Crippen LogP contribution in [0.15, 0.2) is 42.5 Å². The van der Waals surface area contributed by atoms with Crippen LogP contribution in [0.1, 0.15) is 37.7 Å². The Morgan fingerprint density at radius 3 is 2.82 bits per heavy atom. The molecule has 0 aliphatic carbocycles. The lowest BCUT2D eigenvalue weighted by molar-refractivity contribution is 0.174. The predicted molar refractivity (Wildman–Crippen MR) is 107 cm³/mol. The molecule has 0 spiro atoms. The molecule has 2 aliphatic rings. The number of carbonyl (C=O) groups excluding carboxylic acids is 1. The van der Waals surface area contributed by atoms with E-state index in [0.29, 0.717) is 12.5 Å². The first kappa shape index (κ1) is 18.5. The minimum atomic E-state index is -0.0668. The Morgan fingerprint density at radius 2 is 2.00 bits per heavy atom. The smallest absolute Gasteiger partial charge is 0.321 e. The molecular weight excluding hydrogens is 356 g/mol. The fourth-order valence-corrected chi connectivity index (χ4v) is 3.56. The van der Waals surface area contributed by atoms with E-state index in [1.807, 2.05) is 41.3 Å². The quantitative estimate of drug-likeness (QED) is 0.741. The standard InChI is InChI=1S/C22H26N2O4/c1-2-3-12-26-19-7-5-18(6-8-19)23-22(25)24-11-10-17(14-24)16-4-9-20-21(13-16)28-15-27-20/h4-9,13,17H,2-3,10-12,14-15H2,1H3,(H,23,25)/t17-/m1/s1. The maximum Gasteiger partial charge on any atom is 0.321 e. The van der Waals surface area contributed by atoms with Gasteiger partial charge in [0.2, 0.25) is 6.79 Å². The number of hydrogen-bond donors (Lipinski definition) is 1. The van der Waals surface area contributed by atoms with E-state index in [4.69, 9.17) is 14.2 Å². The van der Waals surface area contributed by atoms with Gasteiger partial charge in [-0.1, -0.05) is 19.4 Å². The van der Waals surface area contributed by atoms with Crippen LogP contribution >= 0.6 is 0 Å². The first-order valence-corrected chi connectivity index (χ1v) is 9.91. The second-order valence-electron chi connectivity index (χ2n) is 7.20. The van der Waals surface area contributed by atoms with E-state index in [-0.39, 0.29) is 12.8 Å². The SMILES string of the molecule is CCCCOc1ccc(NC(=O)N2CC[C@@H](c3ccc4c(c3)OCO4)C2)cc1. The first-order valence-electron chi connectivity index (χ1n) is 9.91. The van der Waals surface area contributed by atoms with Gasteiger partial charge in [0, 0.05) is 24.7 Å². The number of rotatable bonds is 6. The van der Waals surface area contributed by atoms with Crippen molar-refractivity contribution < 1.29 is 19.0 Å². The fourth-order valence-electron chi connectivity index (χ4n) is 3.56. The van der Waals surface area contributed by atoms with Crippen molar-refractivity contribution in [1.82, 2.24) is 4.90 Å². The summed E-state index contributed by atoms with van der Waals surface area (Å²) in [6.45, 7) is 4.57. The van der Waals surface area contributed by atoms with Gasteiger partial charge in [-0.25, -0.2) is 4.79 Å². The molecule has 1 N–H and O–H groups in total. The number of fused-ring (bicyclic) bond motifs is 1. The van der Waals surface area contributed by atoms with Crippen LogP contribution in [0.3, 0.4) is 0 Å². The van der Waals surface area contributed by atoms with Gasteiger partial charge in [0.05, 0.1) is 6.61 Å². The first-order chi connectivity index (χ1) is 13.7. The second-order valence-corrected chi connectivity index (χ2v) is 7.20. The minimum absolute atomic E-state index is 0.0668. The molecule has 1 atom stereocenters. The molecule has 4 rings (SSSR count). The number of unbranched alkanes of at least 4 members (excludes halogenated alkanes) is 1. The third kappa shape index (κ3) is 4.16. The number of anilines is 1. The van der Waals surface area contributed by atoms with E-state index in [0.717, 1.165) is 55.4 Å². The molecule has 6 nitrogen and oxygen atoms in total. The van der Waals surface area contributed by atoms with Gasteiger partial charge in [0.1, 0.15) is 5.75 Å². The number of nitrogens with zero attached hydrogens (tertiary/aromatic N) is 1. The molecule has 2 aromatic rings. The lowest BCUT2D eigenvalue weighted by Gasteiger charge is -2.18. The molecule has 6 heteroatoms. The summed E-state index contributed by atoms with van der Waals surface area (Å²) >= 11 is 0. The van der Waals surface area contributed by atoms with Gasteiger partial charge in [-0.15, -0.1) is 0 Å². The van der Waals surface area contributed by atoms with Gasteiger partial charge in [-0.2, -0.15) is 0 Å². The van der Waals surface area contributed by atoms with E-state index in [1.165, 1.54) is 5.56 Å². The monoisotopic (exact) mass is 382 g/mol. The average Bonchev–Trinajstić information content (AvgIpc) is 3.38. The number of nitrogens with one attached hydrogen (secondary N) is 1. The van der Waals surface area contributed by atoms with Gasteiger partial charge < -0.3 is 24.4 Å². The van der Waals surface area contributed by atoms with Crippen LogP contribution < -0.4 is 19.5 Å². The maximum absolute atomic E-state index is 12.6. The van der Waals surface area contributed by atoms with Crippen molar-refractivity contribution in [1.29, 1.82) is 0 Å². The summed E-state index contributed by atoms with van der Waals surface area (Å²) in [6, 6.07) is 13.5. The molecule has 2 aromatic carbocycles. The lowest BCUT2D eigenvalue weighted by Crippen LogP contribution is -2.32. The van der Waals surface area contributed by atoms with Crippen molar-refractivity contribution in [3.8, 4) is 17.2 Å². The van der Waals surface area contributed by atoms with Crippen molar-refractivity contribution in [2.75, 3.05) is 31.8 Å². The summed E-state index contributed by atoms with van der Waals surface area (Å²) in [5.41, 5.74) is 1.97.